The van der Waals surface area contributed by atoms with Gasteiger partial charge < -0.3 is 5.32 Å². The van der Waals surface area contributed by atoms with Gasteiger partial charge in [0, 0.05) is 34.0 Å². The summed E-state index contributed by atoms with van der Waals surface area (Å²) in [7, 11) is 0. The van der Waals surface area contributed by atoms with Gasteiger partial charge in [-0.2, -0.15) is 13.2 Å². The van der Waals surface area contributed by atoms with Crippen LogP contribution in [0.5, 0.6) is 0 Å². The fourth-order valence-corrected chi connectivity index (χ4v) is 3.92. The van der Waals surface area contributed by atoms with Crippen LogP contribution in [0.4, 0.5) is 18.9 Å². The van der Waals surface area contributed by atoms with Crippen LogP contribution in [0.2, 0.25) is 0 Å². The van der Waals surface area contributed by atoms with Crippen molar-refractivity contribution in [2.45, 2.75) is 37.9 Å². The van der Waals surface area contributed by atoms with Gasteiger partial charge in [-0.25, -0.2) is 0 Å². The van der Waals surface area contributed by atoms with E-state index in [0.29, 0.717) is 53.6 Å². The molecule has 1 N–H and O–H groups in total. The molecule has 2 aromatic carbocycles. The van der Waals surface area contributed by atoms with Crippen molar-refractivity contribution in [1.29, 1.82) is 0 Å². The number of benzene rings is 2. The number of halogens is 3. The van der Waals surface area contributed by atoms with E-state index in [-0.39, 0.29) is 17.6 Å². The number of ketones is 2. The monoisotopic (exact) mass is 385 g/mol. The summed E-state index contributed by atoms with van der Waals surface area (Å²) in [5, 5.41) is 3.24. The van der Waals surface area contributed by atoms with Crippen molar-refractivity contribution in [1.82, 2.24) is 0 Å². The van der Waals surface area contributed by atoms with Crippen LogP contribution in [0.1, 0.15) is 52.0 Å². The highest BCUT2D eigenvalue weighted by Crippen LogP contribution is 2.35. The van der Waals surface area contributed by atoms with Gasteiger partial charge in [0.05, 0.1) is 5.56 Å². The minimum absolute atomic E-state index is 0.0222. The van der Waals surface area contributed by atoms with E-state index in [1.54, 1.807) is 24.3 Å². The predicted octanol–water partition coefficient (Wildman–Crippen LogP) is 5.44. The molecular weight excluding hydrogens is 367 g/mol. The number of carbonyl (C=O) groups excluding carboxylic acids is 2. The van der Waals surface area contributed by atoms with Gasteiger partial charge in [-0.05, 0) is 49.9 Å². The highest BCUT2D eigenvalue weighted by molar-refractivity contribution is 6.26. The van der Waals surface area contributed by atoms with Crippen LogP contribution in [0.3, 0.4) is 0 Å². The van der Waals surface area contributed by atoms with Gasteiger partial charge in [0.15, 0.2) is 11.6 Å². The van der Waals surface area contributed by atoms with E-state index in [1.165, 1.54) is 12.1 Å². The first kappa shape index (κ1) is 18.5. The molecule has 0 bridgehead atoms. The van der Waals surface area contributed by atoms with E-state index in [2.05, 4.69) is 5.32 Å². The standard InChI is InChI=1S/C22H18F3NO2/c23-22(24,25)13-5-7-14(8-6-13)26-15-9-11-18-19(12-10-15)21(28)17-4-2-1-3-16(17)20(18)27/h1-8,15,26H,9-12H2. The molecule has 2 aliphatic carbocycles. The number of Topliss-reactive ketones (excluding diaryl/α,β-unsaturated/α-hetero) is 2. The van der Waals surface area contributed by atoms with E-state index < -0.39 is 11.7 Å². The van der Waals surface area contributed by atoms with Crippen LogP contribution in [-0.2, 0) is 6.18 Å². The summed E-state index contributed by atoms with van der Waals surface area (Å²) in [5.41, 5.74) is 1.99. The fourth-order valence-electron chi connectivity index (χ4n) is 3.92. The zero-order valence-corrected chi connectivity index (χ0v) is 15.0. The Morgan fingerprint density at radius 1 is 0.786 bits per heavy atom. The van der Waals surface area contributed by atoms with E-state index in [9.17, 15) is 22.8 Å². The molecule has 0 aliphatic heterocycles. The number of allylic oxidation sites excluding steroid dienone is 2. The van der Waals surface area contributed by atoms with Crippen molar-refractivity contribution in [2.75, 3.05) is 5.32 Å². The predicted molar refractivity (Wildman–Crippen MR) is 99.5 cm³/mol. The maximum Gasteiger partial charge on any atom is 0.416 e. The number of hydrogen-bond acceptors (Lipinski definition) is 3. The van der Waals surface area contributed by atoms with Crippen molar-refractivity contribution >= 4 is 17.3 Å². The SMILES string of the molecule is O=C1C2=C(CCC(Nc3ccc(C(F)(F)F)cc3)CC2)C(=O)c2ccccc21. The molecule has 2 aliphatic rings. The van der Waals surface area contributed by atoms with Crippen molar-refractivity contribution in [3.05, 3.63) is 76.4 Å². The van der Waals surface area contributed by atoms with Crippen LogP contribution in [0.25, 0.3) is 0 Å². The summed E-state index contributed by atoms with van der Waals surface area (Å²) in [6.45, 7) is 0. The molecule has 4 rings (SSSR count). The van der Waals surface area contributed by atoms with Gasteiger partial charge in [0.1, 0.15) is 0 Å². The lowest BCUT2D eigenvalue weighted by Gasteiger charge is -2.19. The largest absolute Gasteiger partial charge is 0.416 e. The maximum atomic E-state index is 12.8. The number of carbonyl (C=O) groups is 2. The van der Waals surface area contributed by atoms with Crippen molar-refractivity contribution < 1.29 is 22.8 Å². The second-order valence-electron chi connectivity index (χ2n) is 7.15. The van der Waals surface area contributed by atoms with E-state index in [0.717, 1.165) is 12.1 Å². The fraction of sp³-hybridized carbons (Fsp3) is 0.273. The molecule has 0 aromatic heterocycles. The third-order valence-electron chi connectivity index (χ3n) is 5.40. The average Bonchev–Trinajstić information content (AvgIpc) is 2.89. The second kappa shape index (κ2) is 6.93. The molecule has 0 saturated carbocycles. The Labute approximate surface area is 160 Å². The first-order chi connectivity index (χ1) is 13.3. The highest BCUT2D eigenvalue weighted by atomic mass is 19.4. The smallest absolute Gasteiger partial charge is 0.382 e. The first-order valence-electron chi connectivity index (χ1n) is 9.19. The summed E-state index contributed by atoms with van der Waals surface area (Å²) in [5.74, 6) is -0.166. The number of fused-ring (bicyclic) bond motifs is 1. The van der Waals surface area contributed by atoms with Crippen LogP contribution < -0.4 is 5.32 Å². The number of rotatable bonds is 2. The molecule has 3 nitrogen and oxygen atoms in total. The van der Waals surface area contributed by atoms with E-state index in [1.807, 2.05) is 0 Å². The van der Waals surface area contributed by atoms with Gasteiger partial charge >= 0.3 is 6.18 Å². The Balaban J connectivity index is 1.49. The van der Waals surface area contributed by atoms with Gasteiger partial charge in [-0.3, -0.25) is 9.59 Å². The van der Waals surface area contributed by atoms with Crippen molar-refractivity contribution in [3.63, 3.8) is 0 Å². The molecule has 144 valence electrons. The minimum Gasteiger partial charge on any atom is -0.382 e. The lowest BCUT2D eigenvalue weighted by molar-refractivity contribution is -0.137. The minimum atomic E-state index is -4.36. The van der Waals surface area contributed by atoms with Crippen molar-refractivity contribution in [3.8, 4) is 0 Å². The van der Waals surface area contributed by atoms with Crippen LogP contribution in [0, 0.1) is 0 Å². The van der Waals surface area contributed by atoms with Gasteiger partial charge in [0.25, 0.3) is 0 Å². The summed E-state index contributed by atoms with van der Waals surface area (Å²) >= 11 is 0. The lowest BCUT2D eigenvalue weighted by atomic mass is 9.82. The number of anilines is 1. The topological polar surface area (TPSA) is 46.2 Å². The summed E-state index contributed by atoms with van der Waals surface area (Å²) < 4.78 is 38.1. The molecule has 0 amide bonds. The molecular formula is C22H18F3NO2. The zero-order chi connectivity index (χ0) is 19.9. The Kier molecular flexibility index (Phi) is 4.57. The Bertz CT molecular complexity index is 925. The molecule has 0 spiro atoms. The zero-order valence-electron chi connectivity index (χ0n) is 15.0. The number of alkyl halides is 3. The molecule has 0 unspecified atom stereocenters. The third kappa shape index (κ3) is 3.35. The Morgan fingerprint density at radius 3 is 1.75 bits per heavy atom. The second-order valence-corrected chi connectivity index (χ2v) is 7.15. The number of nitrogens with one attached hydrogen (secondary N) is 1. The summed E-state index contributed by atoms with van der Waals surface area (Å²) in [6, 6.07) is 11.8. The molecule has 2 aromatic rings. The summed E-state index contributed by atoms with van der Waals surface area (Å²) in [4.78, 5) is 25.6. The first-order valence-corrected chi connectivity index (χ1v) is 9.19. The Morgan fingerprint density at radius 2 is 1.29 bits per heavy atom. The molecule has 6 heteroatoms. The average molecular weight is 385 g/mol. The summed E-state index contributed by atoms with van der Waals surface area (Å²) in [6.07, 6.45) is -2.12. The van der Waals surface area contributed by atoms with E-state index in [4.69, 9.17) is 0 Å². The molecule has 0 heterocycles. The molecule has 28 heavy (non-hydrogen) atoms. The van der Waals surface area contributed by atoms with Crippen LogP contribution in [-0.4, -0.2) is 17.6 Å². The highest BCUT2D eigenvalue weighted by Gasteiger charge is 2.34. The molecule has 0 radical (unpaired) electrons. The quantitative estimate of drug-likeness (QED) is 0.749. The maximum absolute atomic E-state index is 12.8. The molecule has 0 fully saturated rings. The third-order valence-corrected chi connectivity index (χ3v) is 5.40. The number of hydrogen-bond donors (Lipinski definition) is 1. The normalized spacial score (nSPS) is 17.8. The molecule has 0 atom stereocenters. The van der Waals surface area contributed by atoms with Gasteiger partial charge in [-0.1, -0.05) is 24.3 Å². The van der Waals surface area contributed by atoms with Gasteiger partial charge in [0.2, 0.25) is 0 Å². The van der Waals surface area contributed by atoms with Crippen LogP contribution in [0.15, 0.2) is 59.7 Å². The van der Waals surface area contributed by atoms with E-state index >= 15 is 0 Å². The van der Waals surface area contributed by atoms with Gasteiger partial charge in [-0.15, -0.1) is 0 Å². The van der Waals surface area contributed by atoms with Crippen molar-refractivity contribution in [2.24, 2.45) is 0 Å². The molecule has 0 saturated heterocycles. The lowest BCUT2D eigenvalue weighted by Crippen LogP contribution is -2.21. The van der Waals surface area contributed by atoms with Crippen LogP contribution >= 0.6 is 0 Å². The Hall–Kier alpha value is -2.89.